The number of rotatable bonds is 15. The highest BCUT2D eigenvalue weighted by Gasteiger charge is 2.46. The van der Waals surface area contributed by atoms with Gasteiger partial charge >= 0.3 is 0 Å². The van der Waals surface area contributed by atoms with Crippen LogP contribution in [0.1, 0.15) is 91.2 Å². The van der Waals surface area contributed by atoms with Gasteiger partial charge in [0.05, 0.1) is 22.1 Å². The molecule has 1 saturated carbocycles. The van der Waals surface area contributed by atoms with E-state index in [-0.39, 0.29) is 0 Å². The lowest BCUT2D eigenvalue weighted by Gasteiger charge is -2.35. The molecular formula is C83H68N2. The van der Waals surface area contributed by atoms with E-state index in [9.17, 15) is 0 Å². The molecule has 1 aromatic heterocycles. The van der Waals surface area contributed by atoms with Gasteiger partial charge in [0, 0.05) is 39.0 Å². The Morgan fingerprint density at radius 3 is 1.48 bits per heavy atom. The first-order chi connectivity index (χ1) is 42.1. The first kappa shape index (κ1) is 52.1. The van der Waals surface area contributed by atoms with Crippen molar-refractivity contribution in [2.45, 2.75) is 69.6 Å². The zero-order valence-corrected chi connectivity index (χ0v) is 48.3. The van der Waals surface area contributed by atoms with Crippen LogP contribution in [0, 0.1) is 0 Å². The van der Waals surface area contributed by atoms with Crippen molar-refractivity contribution >= 4 is 38.9 Å². The topological polar surface area (TPSA) is 8.17 Å². The molecule has 0 aliphatic heterocycles. The van der Waals surface area contributed by atoms with E-state index in [1.807, 2.05) is 0 Å². The summed E-state index contributed by atoms with van der Waals surface area (Å²) in [5, 5.41) is 2.76. The average molecular weight is 1090 g/mol. The van der Waals surface area contributed by atoms with Gasteiger partial charge < -0.3 is 9.47 Å². The summed E-state index contributed by atoms with van der Waals surface area (Å²) >= 11 is 0. The van der Waals surface area contributed by atoms with Gasteiger partial charge in [-0.1, -0.05) is 263 Å². The Kier molecular flexibility index (Phi) is 13.7. The number of benzene rings is 12. The number of aryl methyl sites for hydroxylation is 1. The van der Waals surface area contributed by atoms with E-state index in [4.69, 9.17) is 0 Å². The smallest absolute Gasteiger partial charge is 0.0714 e. The largest absolute Gasteiger partial charge is 0.309 e. The number of unbranched alkanes of at least 4 members (excludes halogenated alkanes) is 2. The lowest BCUT2D eigenvalue weighted by molar-refractivity contribution is 0.718. The standard InChI is InChI=1S/C83H68N2/c1-2-3-8-22-58-37-53-80-76(55-58)77-56-66(59-23-17-18-24-59)46-54-81(77)85(80)70-49-44-63(45-50-70)61-40-38-60(39-41-61)62-42-47-69(48-43-62)84(82-72(64-25-9-4-10-26-64)34-21-35-73(82)65-27-11-5-12-28-65)71-51-52-75-74-33-19-20-36-78(74)83(79(75)57-71,67-29-13-6-14-30-67)68-31-15-7-16-32-68/h4-7,9-16,19-21,25-57,59H,2-3,8,17-18,22-24H2,1H3. The molecule has 2 aliphatic rings. The summed E-state index contributed by atoms with van der Waals surface area (Å²) in [4.78, 5) is 2.52. The van der Waals surface area contributed by atoms with Crippen molar-refractivity contribution in [3.8, 4) is 61.3 Å². The van der Waals surface area contributed by atoms with Gasteiger partial charge in [-0.2, -0.15) is 0 Å². The first-order valence-electron chi connectivity index (χ1n) is 30.9. The lowest BCUT2D eigenvalue weighted by atomic mass is 9.67. The maximum atomic E-state index is 2.53. The minimum absolute atomic E-state index is 0.557. The Bertz CT molecular complexity index is 4400. The number of aromatic nitrogens is 1. The van der Waals surface area contributed by atoms with E-state index in [1.54, 1.807) is 0 Å². The molecule has 0 saturated heterocycles. The zero-order chi connectivity index (χ0) is 56.7. The SMILES string of the molecule is CCCCCc1ccc2c(c1)c1cc(C3CCCC3)ccc1n2-c1ccc(-c2ccc(-c3ccc(N(c4ccc5c(c4)C(c4ccccc4)(c4ccccc4)c4ccccc4-5)c4c(-c5ccccc5)cccc4-c4ccccc4)cc3)cc2)cc1. The molecule has 410 valence electrons. The maximum absolute atomic E-state index is 2.53. The van der Waals surface area contributed by atoms with E-state index in [0.717, 1.165) is 51.3 Å². The van der Waals surface area contributed by atoms with E-state index in [2.05, 4.69) is 308 Å². The second kappa shape index (κ2) is 22.4. The van der Waals surface area contributed by atoms with Gasteiger partial charge in [0.2, 0.25) is 0 Å². The predicted octanol–water partition coefficient (Wildman–Crippen LogP) is 22.7. The van der Waals surface area contributed by atoms with Crippen LogP contribution in [0.3, 0.4) is 0 Å². The Hall–Kier alpha value is -9.76. The fourth-order valence-electron chi connectivity index (χ4n) is 14.5. The van der Waals surface area contributed by atoms with Crippen molar-refractivity contribution in [3.05, 3.63) is 325 Å². The highest BCUT2D eigenvalue weighted by atomic mass is 15.1. The number of nitrogens with zero attached hydrogens (tertiary/aromatic N) is 2. The molecule has 0 atom stereocenters. The summed E-state index contributed by atoms with van der Waals surface area (Å²) in [5.41, 5.74) is 26.4. The number of hydrogen-bond donors (Lipinski definition) is 0. The second-order valence-corrected chi connectivity index (χ2v) is 23.6. The molecule has 0 unspecified atom stereocenters. The summed E-state index contributed by atoms with van der Waals surface area (Å²) in [6.07, 6.45) is 10.2. The molecule has 1 fully saturated rings. The number of anilines is 3. The van der Waals surface area contributed by atoms with Gasteiger partial charge in [0.1, 0.15) is 0 Å². The fourth-order valence-corrected chi connectivity index (χ4v) is 14.5. The minimum Gasteiger partial charge on any atom is -0.309 e. The van der Waals surface area contributed by atoms with Crippen LogP contribution in [0.5, 0.6) is 0 Å². The van der Waals surface area contributed by atoms with Crippen molar-refractivity contribution in [1.82, 2.24) is 4.57 Å². The molecular weight excluding hydrogens is 1020 g/mol. The normalized spacial score (nSPS) is 13.5. The molecule has 85 heavy (non-hydrogen) atoms. The molecule has 0 N–H and O–H groups in total. The van der Waals surface area contributed by atoms with Crippen LogP contribution < -0.4 is 4.90 Å². The van der Waals surface area contributed by atoms with E-state index < -0.39 is 5.41 Å². The van der Waals surface area contributed by atoms with Crippen molar-refractivity contribution in [3.63, 3.8) is 0 Å². The van der Waals surface area contributed by atoms with E-state index in [0.29, 0.717) is 5.92 Å². The third kappa shape index (κ3) is 9.29. The number of hydrogen-bond acceptors (Lipinski definition) is 1. The molecule has 12 aromatic carbocycles. The molecule has 0 bridgehead atoms. The Morgan fingerprint density at radius 2 is 0.882 bits per heavy atom. The third-order valence-corrected chi connectivity index (χ3v) is 18.7. The highest BCUT2D eigenvalue weighted by molar-refractivity contribution is 6.10. The molecule has 15 rings (SSSR count). The quantitative estimate of drug-likeness (QED) is 0.0929. The monoisotopic (exact) mass is 1090 g/mol. The van der Waals surface area contributed by atoms with E-state index >= 15 is 0 Å². The van der Waals surface area contributed by atoms with Crippen molar-refractivity contribution < 1.29 is 0 Å². The molecule has 0 amide bonds. The van der Waals surface area contributed by atoms with E-state index in [1.165, 1.54) is 134 Å². The molecule has 13 aromatic rings. The van der Waals surface area contributed by atoms with Gasteiger partial charge in [-0.05, 0) is 170 Å². The predicted molar refractivity (Wildman–Crippen MR) is 359 cm³/mol. The van der Waals surface area contributed by atoms with Crippen molar-refractivity contribution in [2.75, 3.05) is 4.90 Å². The molecule has 2 nitrogen and oxygen atoms in total. The molecule has 0 radical (unpaired) electrons. The van der Waals surface area contributed by atoms with Crippen LogP contribution in [-0.4, -0.2) is 4.57 Å². The van der Waals surface area contributed by atoms with Gasteiger partial charge in [-0.3, -0.25) is 0 Å². The zero-order valence-electron chi connectivity index (χ0n) is 48.3. The summed E-state index contributed by atoms with van der Waals surface area (Å²) in [7, 11) is 0. The summed E-state index contributed by atoms with van der Waals surface area (Å²) in [6, 6.07) is 109. The highest BCUT2D eigenvalue weighted by Crippen LogP contribution is 2.58. The number of fused-ring (bicyclic) bond motifs is 6. The fraction of sp³-hybridized carbons (Fsp3) is 0.133. The summed E-state index contributed by atoms with van der Waals surface area (Å²) in [5.74, 6) is 0.677. The summed E-state index contributed by atoms with van der Waals surface area (Å²) in [6.45, 7) is 2.29. The van der Waals surface area contributed by atoms with Gasteiger partial charge in [-0.15, -0.1) is 0 Å². The maximum Gasteiger partial charge on any atom is 0.0714 e. The van der Waals surface area contributed by atoms with Gasteiger partial charge in [0.15, 0.2) is 0 Å². The Labute approximate surface area is 501 Å². The lowest BCUT2D eigenvalue weighted by Crippen LogP contribution is -2.28. The Morgan fingerprint density at radius 1 is 0.388 bits per heavy atom. The van der Waals surface area contributed by atoms with Crippen LogP contribution in [0.25, 0.3) is 83.1 Å². The van der Waals surface area contributed by atoms with Crippen LogP contribution in [0.15, 0.2) is 291 Å². The number of para-hydroxylation sites is 1. The van der Waals surface area contributed by atoms with Crippen LogP contribution in [0.2, 0.25) is 0 Å². The Balaban J connectivity index is 0.812. The van der Waals surface area contributed by atoms with Crippen molar-refractivity contribution in [1.29, 1.82) is 0 Å². The minimum atomic E-state index is -0.557. The molecule has 2 heteroatoms. The van der Waals surface area contributed by atoms with Gasteiger partial charge in [0.25, 0.3) is 0 Å². The van der Waals surface area contributed by atoms with Gasteiger partial charge in [-0.25, -0.2) is 0 Å². The molecule has 0 spiro atoms. The first-order valence-corrected chi connectivity index (χ1v) is 30.9. The van der Waals surface area contributed by atoms with Crippen LogP contribution in [-0.2, 0) is 11.8 Å². The second-order valence-electron chi connectivity index (χ2n) is 23.6. The van der Waals surface area contributed by atoms with Crippen LogP contribution in [0.4, 0.5) is 17.1 Å². The molecule has 1 heterocycles. The average Bonchev–Trinajstić information content (AvgIpc) is 1.76. The van der Waals surface area contributed by atoms with Crippen LogP contribution >= 0.6 is 0 Å². The third-order valence-electron chi connectivity index (χ3n) is 18.7. The molecule has 2 aliphatic carbocycles. The summed E-state index contributed by atoms with van der Waals surface area (Å²) < 4.78 is 2.49. The van der Waals surface area contributed by atoms with Crippen molar-refractivity contribution in [2.24, 2.45) is 0 Å².